The number of benzene rings is 1. The number of anilines is 2. The molecule has 2 aromatic heterocycles. The van der Waals surface area contributed by atoms with Crippen LogP contribution in [0, 0.1) is 6.92 Å². The molecule has 0 saturated heterocycles. The predicted octanol–water partition coefficient (Wildman–Crippen LogP) is 3.88. The van der Waals surface area contributed by atoms with Crippen molar-refractivity contribution in [3.05, 3.63) is 41.3 Å². The lowest BCUT2D eigenvalue weighted by atomic mass is 10.1. The van der Waals surface area contributed by atoms with Gasteiger partial charge in [0.2, 0.25) is 0 Å². The van der Waals surface area contributed by atoms with Gasteiger partial charge in [-0.25, -0.2) is 15.0 Å². The fraction of sp³-hybridized carbons (Fsp3) is 0.381. The van der Waals surface area contributed by atoms with Crippen LogP contribution in [0.4, 0.5) is 24.8 Å². The number of nitrogens with zero attached hydrogens (tertiary/aromatic N) is 3. The Morgan fingerprint density at radius 1 is 1.09 bits per heavy atom. The maximum absolute atomic E-state index is 13.1. The normalized spacial score (nSPS) is 13.6. The van der Waals surface area contributed by atoms with Gasteiger partial charge in [0.15, 0.2) is 11.5 Å². The third kappa shape index (κ3) is 5.10. The lowest BCUT2D eigenvalue weighted by Gasteiger charge is -2.20. The van der Waals surface area contributed by atoms with E-state index < -0.39 is 24.0 Å². The van der Waals surface area contributed by atoms with Crippen molar-refractivity contribution in [3.8, 4) is 11.5 Å². The zero-order valence-corrected chi connectivity index (χ0v) is 18.0. The molecule has 0 aliphatic rings. The van der Waals surface area contributed by atoms with Crippen molar-refractivity contribution in [2.75, 3.05) is 24.8 Å². The molecule has 0 aliphatic carbocycles. The fourth-order valence-electron chi connectivity index (χ4n) is 3.13. The summed E-state index contributed by atoms with van der Waals surface area (Å²) in [6.45, 7) is 4.89. The molecular weight excluding hydrogens is 427 g/mol. The van der Waals surface area contributed by atoms with Gasteiger partial charge in [0.25, 0.3) is 0 Å². The van der Waals surface area contributed by atoms with Crippen molar-refractivity contribution in [1.29, 1.82) is 0 Å². The van der Waals surface area contributed by atoms with E-state index in [1.54, 1.807) is 32.9 Å². The van der Waals surface area contributed by atoms with Crippen molar-refractivity contribution in [2.45, 2.75) is 39.1 Å². The molecular formula is C21H24F3N5O3. The van der Waals surface area contributed by atoms with E-state index >= 15 is 0 Å². The number of aryl methyl sites for hydroxylation is 1. The Hall–Kier alpha value is -3.34. The number of hydrogen-bond acceptors (Lipinski definition) is 8. The first-order chi connectivity index (χ1) is 15.0. The van der Waals surface area contributed by atoms with Crippen LogP contribution in [0.1, 0.15) is 37.0 Å². The molecule has 0 amide bonds. The number of aliphatic hydroxyl groups excluding tert-OH is 1. The molecule has 0 bridgehead atoms. The van der Waals surface area contributed by atoms with Gasteiger partial charge in [-0.05, 0) is 44.5 Å². The lowest BCUT2D eigenvalue weighted by molar-refractivity contribution is -0.141. The summed E-state index contributed by atoms with van der Waals surface area (Å²) in [7, 11) is 1.49. The minimum atomic E-state index is -4.62. The van der Waals surface area contributed by atoms with Crippen molar-refractivity contribution >= 4 is 22.5 Å². The van der Waals surface area contributed by atoms with Crippen LogP contribution in [0.15, 0.2) is 24.3 Å². The first-order valence-electron chi connectivity index (χ1n) is 9.77. The third-order valence-corrected chi connectivity index (χ3v) is 4.69. The van der Waals surface area contributed by atoms with E-state index in [-0.39, 0.29) is 12.4 Å². The zero-order valence-electron chi connectivity index (χ0n) is 18.0. The highest BCUT2D eigenvalue weighted by Crippen LogP contribution is 2.36. The van der Waals surface area contributed by atoms with Crippen molar-refractivity contribution in [2.24, 2.45) is 0 Å². The van der Waals surface area contributed by atoms with E-state index in [1.165, 1.54) is 13.2 Å². The smallest absolute Gasteiger partial charge is 0.433 e. The summed E-state index contributed by atoms with van der Waals surface area (Å²) in [6.07, 6.45) is -5.10. The second kappa shape index (κ2) is 9.03. The Bertz CT molecular complexity index is 1120. The number of ether oxygens (including phenoxy) is 2. The summed E-state index contributed by atoms with van der Waals surface area (Å²) in [6, 6.07) is 5.08. The Morgan fingerprint density at radius 3 is 2.44 bits per heavy atom. The number of fused-ring (bicyclic) bond motifs is 1. The van der Waals surface area contributed by atoms with Crippen LogP contribution in [0.5, 0.6) is 11.5 Å². The van der Waals surface area contributed by atoms with Gasteiger partial charge in [-0.15, -0.1) is 0 Å². The number of nitrogens with one attached hydrogen (secondary N) is 1. The number of alkyl halides is 3. The minimum Gasteiger partial charge on any atom is -0.493 e. The number of methoxy groups -OCH3 is 1. The summed E-state index contributed by atoms with van der Waals surface area (Å²) < 4.78 is 50.5. The molecule has 2 heterocycles. The molecule has 32 heavy (non-hydrogen) atoms. The van der Waals surface area contributed by atoms with E-state index in [9.17, 15) is 18.3 Å². The van der Waals surface area contributed by atoms with Crippen LogP contribution < -0.4 is 20.5 Å². The number of nitrogens with two attached hydrogens (primary N) is 1. The quantitative estimate of drug-likeness (QED) is 0.496. The maximum Gasteiger partial charge on any atom is 0.433 e. The second-order valence-corrected chi connectivity index (χ2v) is 7.33. The lowest BCUT2D eigenvalue weighted by Crippen LogP contribution is -2.17. The molecule has 2 atom stereocenters. The highest BCUT2D eigenvalue weighted by molar-refractivity contribution is 5.92. The summed E-state index contributed by atoms with van der Waals surface area (Å²) >= 11 is 0. The largest absolute Gasteiger partial charge is 0.493 e. The van der Waals surface area contributed by atoms with Gasteiger partial charge in [-0.3, -0.25) is 0 Å². The van der Waals surface area contributed by atoms with E-state index in [0.717, 1.165) is 6.07 Å². The number of pyridine rings is 1. The second-order valence-electron chi connectivity index (χ2n) is 7.33. The number of rotatable bonds is 7. The standard InChI is InChI=1S/C21H24F3N5O3/c1-10(9-30)32-17-7-14-15(8-16(17)31-4)27-12(3)28-20(14)26-11(2)13-5-18(21(22,23)24)29-19(25)6-13/h5-8,10-11,30H,9H2,1-4H3,(H2,25,29)(H,26,27,28)/t10?,11-/m1/s1. The topological polar surface area (TPSA) is 115 Å². The molecule has 3 rings (SSSR count). The number of aliphatic hydroxyl groups is 1. The molecule has 1 unspecified atom stereocenters. The molecule has 0 radical (unpaired) electrons. The van der Waals surface area contributed by atoms with Crippen LogP contribution >= 0.6 is 0 Å². The molecule has 4 N–H and O–H groups in total. The summed E-state index contributed by atoms with van der Waals surface area (Å²) in [5.74, 6) is 1.42. The molecule has 11 heteroatoms. The van der Waals surface area contributed by atoms with Gasteiger partial charge in [-0.1, -0.05) is 0 Å². The van der Waals surface area contributed by atoms with E-state index in [4.69, 9.17) is 15.2 Å². The number of nitrogen functional groups attached to an aromatic ring is 1. The average molecular weight is 451 g/mol. The highest BCUT2D eigenvalue weighted by atomic mass is 19.4. The molecule has 0 saturated carbocycles. The number of halogens is 3. The molecule has 8 nitrogen and oxygen atoms in total. The molecule has 3 aromatic rings. The first kappa shape index (κ1) is 23.3. The predicted molar refractivity (Wildman–Crippen MR) is 114 cm³/mol. The average Bonchev–Trinajstić information content (AvgIpc) is 2.72. The van der Waals surface area contributed by atoms with Gasteiger partial charge in [0.05, 0.1) is 25.3 Å². The summed E-state index contributed by atoms with van der Waals surface area (Å²) in [4.78, 5) is 12.2. The Labute approximate surface area is 182 Å². The van der Waals surface area contributed by atoms with Crippen LogP contribution in [0.2, 0.25) is 0 Å². The maximum atomic E-state index is 13.1. The van der Waals surface area contributed by atoms with Gasteiger partial charge in [0, 0.05) is 11.5 Å². The number of hydrogen-bond donors (Lipinski definition) is 3. The van der Waals surface area contributed by atoms with Crippen LogP contribution in [-0.4, -0.2) is 39.9 Å². The monoisotopic (exact) mass is 451 g/mol. The van der Waals surface area contributed by atoms with Crippen LogP contribution in [-0.2, 0) is 6.18 Å². The first-order valence-corrected chi connectivity index (χ1v) is 9.77. The zero-order chi connectivity index (χ0) is 23.6. The Kier molecular flexibility index (Phi) is 6.58. The molecule has 0 spiro atoms. The van der Waals surface area contributed by atoms with E-state index in [1.807, 2.05) is 0 Å². The molecule has 1 aromatic carbocycles. The van der Waals surface area contributed by atoms with Gasteiger partial charge < -0.3 is 25.6 Å². The highest BCUT2D eigenvalue weighted by Gasteiger charge is 2.33. The van der Waals surface area contributed by atoms with Crippen LogP contribution in [0.25, 0.3) is 10.9 Å². The minimum absolute atomic E-state index is 0.196. The van der Waals surface area contributed by atoms with Gasteiger partial charge in [0.1, 0.15) is 29.3 Å². The summed E-state index contributed by atoms with van der Waals surface area (Å²) in [5.41, 5.74) is 5.38. The van der Waals surface area contributed by atoms with E-state index in [2.05, 4.69) is 20.3 Å². The van der Waals surface area contributed by atoms with Gasteiger partial charge >= 0.3 is 6.18 Å². The Morgan fingerprint density at radius 2 is 1.81 bits per heavy atom. The fourth-order valence-corrected chi connectivity index (χ4v) is 3.13. The Balaban J connectivity index is 2.05. The number of aromatic nitrogens is 3. The van der Waals surface area contributed by atoms with Crippen molar-refractivity contribution in [3.63, 3.8) is 0 Å². The van der Waals surface area contributed by atoms with Crippen molar-refractivity contribution in [1.82, 2.24) is 15.0 Å². The molecule has 172 valence electrons. The third-order valence-electron chi connectivity index (χ3n) is 4.69. The van der Waals surface area contributed by atoms with E-state index in [0.29, 0.717) is 39.6 Å². The van der Waals surface area contributed by atoms with Gasteiger partial charge in [-0.2, -0.15) is 13.2 Å². The van der Waals surface area contributed by atoms with Crippen molar-refractivity contribution < 1.29 is 27.8 Å². The molecule has 0 aliphatic heterocycles. The SMILES string of the molecule is COc1cc2nc(C)nc(N[C@H](C)c3cc(N)nc(C(F)(F)F)c3)c2cc1OC(C)CO. The summed E-state index contributed by atoms with van der Waals surface area (Å²) in [5, 5.41) is 13.0. The molecule has 0 fully saturated rings. The van der Waals surface area contributed by atoms with Crippen LogP contribution in [0.3, 0.4) is 0 Å².